The van der Waals surface area contributed by atoms with Crippen LogP contribution in [0.25, 0.3) is 0 Å². The zero-order valence-corrected chi connectivity index (χ0v) is 12.9. The Hall–Kier alpha value is -2.56. The Kier molecular flexibility index (Phi) is 4.99. The van der Waals surface area contributed by atoms with Crippen molar-refractivity contribution in [1.29, 1.82) is 0 Å². The van der Waals surface area contributed by atoms with Gasteiger partial charge >= 0.3 is 5.63 Å². The molecule has 0 aliphatic rings. The minimum atomic E-state index is -0.442. The lowest BCUT2D eigenvalue weighted by molar-refractivity contribution is 0.0950. The number of amides is 1. The van der Waals surface area contributed by atoms with E-state index in [4.69, 9.17) is 9.15 Å². The van der Waals surface area contributed by atoms with Crippen LogP contribution in [0.4, 0.5) is 0 Å². The van der Waals surface area contributed by atoms with Gasteiger partial charge in [0, 0.05) is 12.6 Å². The van der Waals surface area contributed by atoms with Gasteiger partial charge in [0.1, 0.15) is 11.5 Å². The summed E-state index contributed by atoms with van der Waals surface area (Å²) in [6, 6.07) is 9.03. The lowest BCUT2D eigenvalue weighted by Gasteiger charge is -2.09. The fraction of sp³-hybridized carbons (Fsp3) is 0.294. The number of nitrogens with one attached hydrogen (secondary N) is 1. The van der Waals surface area contributed by atoms with Crippen molar-refractivity contribution < 1.29 is 13.9 Å². The molecule has 1 heterocycles. The van der Waals surface area contributed by atoms with Crippen molar-refractivity contribution in [2.45, 2.75) is 20.3 Å². The SMILES string of the molecule is COc1cccc(CCNC(=O)c2c(C)cc(=O)oc2C)c1. The molecular formula is C17H19NO4. The van der Waals surface area contributed by atoms with Gasteiger partial charge in [0.25, 0.3) is 5.91 Å². The molecule has 0 spiro atoms. The minimum Gasteiger partial charge on any atom is -0.497 e. The summed E-state index contributed by atoms with van der Waals surface area (Å²) in [6.07, 6.45) is 0.692. The van der Waals surface area contributed by atoms with E-state index >= 15 is 0 Å². The number of hydrogen-bond donors (Lipinski definition) is 1. The molecule has 22 heavy (non-hydrogen) atoms. The lowest BCUT2D eigenvalue weighted by Crippen LogP contribution is -2.27. The highest BCUT2D eigenvalue weighted by Gasteiger charge is 2.14. The van der Waals surface area contributed by atoms with E-state index in [9.17, 15) is 9.59 Å². The van der Waals surface area contributed by atoms with Gasteiger partial charge in [-0.3, -0.25) is 4.79 Å². The lowest BCUT2D eigenvalue weighted by atomic mass is 10.1. The van der Waals surface area contributed by atoms with Crippen LogP contribution in [0, 0.1) is 13.8 Å². The molecule has 2 rings (SSSR count). The van der Waals surface area contributed by atoms with Crippen molar-refractivity contribution in [2.75, 3.05) is 13.7 Å². The minimum absolute atomic E-state index is 0.235. The number of hydrogen-bond acceptors (Lipinski definition) is 4. The van der Waals surface area contributed by atoms with Gasteiger partial charge in [0.05, 0.1) is 12.7 Å². The van der Waals surface area contributed by atoms with Crippen molar-refractivity contribution in [3.8, 4) is 5.75 Å². The Morgan fingerprint density at radius 3 is 2.73 bits per heavy atom. The summed E-state index contributed by atoms with van der Waals surface area (Å²) in [4.78, 5) is 23.4. The summed E-state index contributed by atoms with van der Waals surface area (Å²) in [5.41, 5.74) is 1.67. The molecule has 5 nitrogen and oxygen atoms in total. The van der Waals surface area contributed by atoms with Gasteiger partial charge in [-0.1, -0.05) is 12.1 Å². The molecule has 116 valence electrons. The molecule has 5 heteroatoms. The van der Waals surface area contributed by atoms with E-state index in [1.165, 1.54) is 6.07 Å². The first-order valence-electron chi connectivity index (χ1n) is 7.03. The monoisotopic (exact) mass is 301 g/mol. The van der Waals surface area contributed by atoms with Gasteiger partial charge in [-0.05, 0) is 43.5 Å². The molecule has 1 aromatic carbocycles. The van der Waals surface area contributed by atoms with E-state index in [1.54, 1.807) is 21.0 Å². The summed E-state index contributed by atoms with van der Waals surface area (Å²) in [6.45, 7) is 3.83. The van der Waals surface area contributed by atoms with Crippen molar-refractivity contribution in [3.63, 3.8) is 0 Å². The molecule has 0 saturated carbocycles. The fourth-order valence-corrected chi connectivity index (χ4v) is 2.33. The first-order chi connectivity index (χ1) is 10.5. The third-order valence-corrected chi connectivity index (χ3v) is 3.39. The first-order valence-corrected chi connectivity index (χ1v) is 7.03. The fourth-order valence-electron chi connectivity index (χ4n) is 2.33. The molecule has 0 saturated heterocycles. The number of carbonyl (C=O) groups excluding carboxylic acids is 1. The van der Waals surface area contributed by atoms with Crippen molar-refractivity contribution in [1.82, 2.24) is 5.32 Å². The summed E-state index contributed by atoms with van der Waals surface area (Å²) in [7, 11) is 1.62. The second-order valence-electron chi connectivity index (χ2n) is 5.04. The van der Waals surface area contributed by atoms with Crippen molar-refractivity contribution in [3.05, 3.63) is 63.2 Å². The van der Waals surface area contributed by atoms with Crippen LogP contribution >= 0.6 is 0 Å². The molecular weight excluding hydrogens is 282 g/mol. The molecule has 0 fully saturated rings. The molecule has 0 aliphatic heterocycles. The van der Waals surface area contributed by atoms with Crippen LogP contribution in [0.5, 0.6) is 5.75 Å². The molecule has 1 N–H and O–H groups in total. The second kappa shape index (κ2) is 6.93. The largest absolute Gasteiger partial charge is 0.497 e. The molecule has 0 aliphatic carbocycles. The van der Waals surface area contributed by atoms with Gasteiger partial charge in [0.2, 0.25) is 0 Å². The van der Waals surface area contributed by atoms with E-state index < -0.39 is 5.63 Å². The van der Waals surface area contributed by atoms with Gasteiger partial charge in [-0.2, -0.15) is 0 Å². The highest BCUT2D eigenvalue weighted by Crippen LogP contribution is 2.13. The second-order valence-corrected chi connectivity index (χ2v) is 5.04. The van der Waals surface area contributed by atoms with Crippen LogP contribution in [0.2, 0.25) is 0 Å². The summed E-state index contributed by atoms with van der Waals surface area (Å²) < 4.78 is 10.1. The Labute approximate surface area is 128 Å². The zero-order chi connectivity index (χ0) is 16.1. The van der Waals surface area contributed by atoms with E-state index in [2.05, 4.69) is 5.32 Å². The maximum Gasteiger partial charge on any atom is 0.336 e. The van der Waals surface area contributed by atoms with Gasteiger partial charge in [-0.25, -0.2) is 4.79 Å². The molecule has 0 unspecified atom stereocenters. The van der Waals surface area contributed by atoms with Crippen LogP contribution in [-0.2, 0) is 6.42 Å². The van der Waals surface area contributed by atoms with E-state index in [1.807, 2.05) is 24.3 Å². The van der Waals surface area contributed by atoms with Gasteiger partial charge in [0.15, 0.2) is 0 Å². The maximum atomic E-state index is 12.2. The van der Waals surface area contributed by atoms with Crippen LogP contribution in [0.1, 0.15) is 27.2 Å². The molecule has 1 aromatic heterocycles. The topological polar surface area (TPSA) is 68.5 Å². The third-order valence-electron chi connectivity index (χ3n) is 3.39. The van der Waals surface area contributed by atoms with E-state index in [-0.39, 0.29) is 5.91 Å². The Morgan fingerprint density at radius 1 is 1.27 bits per heavy atom. The van der Waals surface area contributed by atoms with Crippen molar-refractivity contribution in [2.24, 2.45) is 0 Å². The number of methoxy groups -OCH3 is 1. The predicted octanol–water partition coefficient (Wildman–Crippen LogP) is 2.24. The standard InChI is InChI=1S/C17H19NO4/c1-11-9-15(19)22-12(2)16(11)17(20)18-8-7-13-5-4-6-14(10-13)21-3/h4-6,9-10H,7-8H2,1-3H3,(H,18,20). The zero-order valence-electron chi connectivity index (χ0n) is 12.9. The highest BCUT2D eigenvalue weighted by atomic mass is 16.5. The highest BCUT2D eigenvalue weighted by molar-refractivity contribution is 5.96. The van der Waals surface area contributed by atoms with E-state index in [0.717, 1.165) is 11.3 Å². The van der Waals surface area contributed by atoms with Gasteiger partial charge < -0.3 is 14.5 Å². The molecule has 1 amide bonds. The smallest absolute Gasteiger partial charge is 0.336 e. The average molecular weight is 301 g/mol. The molecule has 0 bridgehead atoms. The Bertz CT molecular complexity index is 707. The van der Waals surface area contributed by atoms with Crippen LogP contribution in [-0.4, -0.2) is 19.6 Å². The normalized spacial score (nSPS) is 10.3. The van der Waals surface area contributed by atoms with Crippen LogP contribution in [0.3, 0.4) is 0 Å². The molecule has 0 atom stereocenters. The van der Waals surface area contributed by atoms with Crippen LogP contribution < -0.4 is 15.7 Å². The quantitative estimate of drug-likeness (QED) is 0.919. The Balaban J connectivity index is 2.00. The summed E-state index contributed by atoms with van der Waals surface area (Å²) >= 11 is 0. The molecule has 0 radical (unpaired) electrons. The van der Waals surface area contributed by atoms with E-state index in [0.29, 0.717) is 29.9 Å². The van der Waals surface area contributed by atoms with Gasteiger partial charge in [-0.15, -0.1) is 0 Å². The summed E-state index contributed by atoms with van der Waals surface area (Å²) in [5, 5.41) is 2.84. The number of ether oxygens (including phenoxy) is 1. The van der Waals surface area contributed by atoms with Crippen LogP contribution in [0.15, 0.2) is 39.5 Å². The maximum absolute atomic E-state index is 12.2. The average Bonchev–Trinajstić information content (AvgIpc) is 2.46. The first kappa shape index (κ1) is 15.8. The number of rotatable bonds is 5. The Morgan fingerprint density at radius 2 is 2.05 bits per heavy atom. The number of carbonyl (C=O) groups is 1. The molecule has 2 aromatic rings. The predicted molar refractivity (Wildman–Crippen MR) is 83.5 cm³/mol. The van der Waals surface area contributed by atoms with Crippen molar-refractivity contribution >= 4 is 5.91 Å². The number of aryl methyl sites for hydroxylation is 2. The third kappa shape index (κ3) is 3.75. The summed E-state index contributed by atoms with van der Waals surface area (Å²) in [5.74, 6) is 0.894. The number of benzene rings is 1.